The van der Waals surface area contributed by atoms with Gasteiger partial charge < -0.3 is 4.74 Å². The van der Waals surface area contributed by atoms with Gasteiger partial charge in [0.2, 0.25) is 0 Å². The van der Waals surface area contributed by atoms with Crippen LogP contribution in [0.1, 0.15) is 91.8 Å². The molecule has 2 amide bonds. The molecule has 184 valence electrons. The molecule has 0 saturated heterocycles. The van der Waals surface area contributed by atoms with Crippen LogP contribution in [0.5, 0.6) is 5.75 Å². The number of hydrogen-bond acceptors (Lipinski definition) is 5. The molecule has 0 aliphatic heterocycles. The van der Waals surface area contributed by atoms with Gasteiger partial charge in [0.25, 0.3) is 17.5 Å². The Morgan fingerprint density at radius 3 is 1.65 bits per heavy atom. The van der Waals surface area contributed by atoms with Crippen molar-refractivity contribution < 1.29 is 19.2 Å². The van der Waals surface area contributed by atoms with Gasteiger partial charge in [-0.3, -0.25) is 30.6 Å². The number of amides is 2. The van der Waals surface area contributed by atoms with Crippen molar-refractivity contribution in [3.63, 3.8) is 0 Å². The lowest BCUT2D eigenvalue weighted by molar-refractivity contribution is -0.384. The molecule has 0 aromatic heterocycles. The Balaban J connectivity index is 1.61. The third-order valence-electron chi connectivity index (χ3n) is 5.51. The predicted octanol–water partition coefficient (Wildman–Crippen LogP) is 5.97. The molecule has 8 nitrogen and oxygen atoms in total. The lowest BCUT2D eigenvalue weighted by atomic mass is 10.1. The van der Waals surface area contributed by atoms with Crippen LogP contribution in [-0.2, 0) is 0 Å². The van der Waals surface area contributed by atoms with Gasteiger partial charge in [-0.25, -0.2) is 0 Å². The molecule has 2 rings (SSSR count). The minimum Gasteiger partial charge on any atom is -0.494 e. The van der Waals surface area contributed by atoms with E-state index in [2.05, 4.69) is 17.8 Å². The van der Waals surface area contributed by atoms with E-state index in [0.29, 0.717) is 17.9 Å². The minimum absolute atomic E-state index is 0.115. The molecule has 0 atom stereocenters. The van der Waals surface area contributed by atoms with Gasteiger partial charge in [-0.1, -0.05) is 64.7 Å². The molecule has 2 aromatic rings. The maximum Gasteiger partial charge on any atom is 0.269 e. The molecule has 0 heterocycles. The Morgan fingerprint density at radius 1 is 0.735 bits per heavy atom. The van der Waals surface area contributed by atoms with Crippen LogP contribution >= 0.6 is 0 Å². The third-order valence-corrected chi connectivity index (χ3v) is 5.51. The fourth-order valence-corrected chi connectivity index (χ4v) is 3.47. The van der Waals surface area contributed by atoms with Gasteiger partial charge in [-0.15, -0.1) is 0 Å². The van der Waals surface area contributed by atoms with Crippen molar-refractivity contribution in [2.75, 3.05) is 6.61 Å². The van der Waals surface area contributed by atoms with Crippen molar-refractivity contribution in [3.05, 3.63) is 69.8 Å². The number of carbonyl (C=O) groups excluding carboxylic acids is 2. The zero-order chi connectivity index (χ0) is 24.6. The summed E-state index contributed by atoms with van der Waals surface area (Å²) in [5.74, 6) is -0.349. The normalized spacial score (nSPS) is 10.5. The van der Waals surface area contributed by atoms with Crippen LogP contribution in [0.2, 0.25) is 0 Å². The number of benzene rings is 2. The lowest BCUT2D eigenvalue weighted by Crippen LogP contribution is -2.41. The standard InChI is InChI=1S/C26H35N3O5/c1-2-3-4-5-6-7-8-9-10-11-20-34-24-18-14-22(15-19-24)26(31)28-27-25(30)21-12-16-23(17-13-21)29(32)33/h12-19H,2-11,20H2,1H3,(H,27,30)(H,28,31). The molecule has 8 heteroatoms. The van der Waals surface area contributed by atoms with E-state index in [1.807, 2.05) is 0 Å². The van der Waals surface area contributed by atoms with E-state index in [1.54, 1.807) is 24.3 Å². The number of nitro benzene ring substituents is 1. The van der Waals surface area contributed by atoms with Gasteiger partial charge in [0.1, 0.15) is 5.75 Å². The van der Waals surface area contributed by atoms with Gasteiger partial charge in [0, 0.05) is 23.3 Å². The molecule has 0 aliphatic carbocycles. The number of non-ortho nitro benzene ring substituents is 1. The summed E-state index contributed by atoms with van der Waals surface area (Å²) in [6, 6.07) is 11.8. The summed E-state index contributed by atoms with van der Waals surface area (Å²) in [6.45, 7) is 2.89. The number of rotatable bonds is 15. The van der Waals surface area contributed by atoms with E-state index in [4.69, 9.17) is 4.74 Å². The van der Waals surface area contributed by atoms with E-state index in [-0.39, 0.29) is 11.3 Å². The summed E-state index contributed by atoms with van der Waals surface area (Å²) in [6.07, 6.45) is 12.7. The highest BCUT2D eigenvalue weighted by molar-refractivity contribution is 5.99. The summed E-state index contributed by atoms with van der Waals surface area (Å²) >= 11 is 0. The van der Waals surface area contributed by atoms with Crippen LogP contribution in [-0.4, -0.2) is 23.3 Å². The first kappa shape index (κ1) is 26.8. The summed E-state index contributed by atoms with van der Waals surface area (Å²) in [5.41, 5.74) is 5.08. The highest BCUT2D eigenvalue weighted by Gasteiger charge is 2.11. The Kier molecular flexibility index (Phi) is 12.2. The molecule has 2 N–H and O–H groups in total. The molecule has 34 heavy (non-hydrogen) atoms. The second kappa shape index (κ2) is 15.4. The van der Waals surface area contributed by atoms with Gasteiger partial charge in [-0.2, -0.15) is 0 Å². The second-order valence-corrected chi connectivity index (χ2v) is 8.27. The monoisotopic (exact) mass is 469 g/mol. The molecule has 0 fully saturated rings. The lowest BCUT2D eigenvalue weighted by Gasteiger charge is -2.09. The number of carbonyl (C=O) groups is 2. The Labute approximate surface area is 201 Å². The molecule has 0 unspecified atom stereocenters. The number of hydrazine groups is 1. The van der Waals surface area contributed by atoms with Crippen LogP contribution in [0.3, 0.4) is 0 Å². The van der Waals surface area contributed by atoms with Crippen LogP contribution in [0.25, 0.3) is 0 Å². The quantitative estimate of drug-likeness (QED) is 0.190. The first-order valence-corrected chi connectivity index (χ1v) is 12.1. The highest BCUT2D eigenvalue weighted by Crippen LogP contribution is 2.15. The van der Waals surface area contributed by atoms with Crippen LogP contribution < -0.4 is 15.6 Å². The van der Waals surface area contributed by atoms with E-state index < -0.39 is 16.7 Å². The van der Waals surface area contributed by atoms with E-state index >= 15 is 0 Å². The fraction of sp³-hybridized carbons (Fsp3) is 0.462. The number of unbranched alkanes of at least 4 members (excludes halogenated alkanes) is 9. The van der Waals surface area contributed by atoms with Crippen LogP contribution in [0.4, 0.5) is 5.69 Å². The average molecular weight is 470 g/mol. The largest absolute Gasteiger partial charge is 0.494 e. The number of nitro groups is 1. The Hall–Kier alpha value is -3.42. The molecule has 0 aliphatic rings. The molecule has 0 spiro atoms. The van der Waals surface area contributed by atoms with Crippen molar-refractivity contribution in [1.82, 2.24) is 10.9 Å². The number of nitrogens with zero attached hydrogens (tertiary/aromatic N) is 1. The average Bonchev–Trinajstić information content (AvgIpc) is 2.86. The summed E-state index contributed by atoms with van der Waals surface area (Å²) in [7, 11) is 0. The Bertz CT molecular complexity index is 898. The number of hydrogen-bond donors (Lipinski definition) is 2. The van der Waals surface area contributed by atoms with Crippen LogP contribution in [0, 0.1) is 10.1 Å². The zero-order valence-electron chi connectivity index (χ0n) is 19.9. The molecule has 0 saturated carbocycles. The third kappa shape index (κ3) is 10.0. The maximum absolute atomic E-state index is 12.2. The van der Waals surface area contributed by atoms with Gasteiger partial charge in [0.15, 0.2) is 0 Å². The zero-order valence-corrected chi connectivity index (χ0v) is 19.9. The maximum atomic E-state index is 12.2. The van der Waals surface area contributed by atoms with Crippen molar-refractivity contribution in [1.29, 1.82) is 0 Å². The first-order valence-electron chi connectivity index (χ1n) is 12.1. The van der Waals surface area contributed by atoms with E-state index in [1.165, 1.54) is 75.6 Å². The van der Waals surface area contributed by atoms with Gasteiger partial charge in [-0.05, 0) is 42.8 Å². The SMILES string of the molecule is CCCCCCCCCCCCOc1ccc(C(=O)NNC(=O)c2ccc([N+](=O)[O-])cc2)cc1. The van der Waals surface area contributed by atoms with Gasteiger partial charge >= 0.3 is 0 Å². The molecule has 0 bridgehead atoms. The molecular weight excluding hydrogens is 434 g/mol. The molecular formula is C26H35N3O5. The van der Waals surface area contributed by atoms with Crippen LogP contribution in [0.15, 0.2) is 48.5 Å². The molecule has 0 radical (unpaired) electrons. The summed E-state index contributed by atoms with van der Waals surface area (Å²) in [4.78, 5) is 34.4. The minimum atomic E-state index is -0.570. The summed E-state index contributed by atoms with van der Waals surface area (Å²) in [5, 5.41) is 10.7. The fourth-order valence-electron chi connectivity index (χ4n) is 3.47. The Morgan fingerprint density at radius 2 is 1.18 bits per heavy atom. The van der Waals surface area contributed by atoms with Crippen molar-refractivity contribution in [2.24, 2.45) is 0 Å². The predicted molar refractivity (Wildman–Crippen MR) is 132 cm³/mol. The topological polar surface area (TPSA) is 111 Å². The van der Waals surface area contributed by atoms with Crippen molar-refractivity contribution >= 4 is 17.5 Å². The molecule has 2 aromatic carbocycles. The van der Waals surface area contributed by atoms with Crippen molar-refractivity contribution in [3.8, 4) is 5.75 Å². The first-order chi connectivity index (χ1) is 16.5. The second-order valence-electron chi connectivity index (χ2n) is 8.27. The number of nitrogens with one attached hydrogen (secondary N) is 2. The highest BCUT2D eigenvalue weighted by atomic mass is 16.6. The van der Waals surface area contributed by atoms with E-state index in [0.717, 1.165) is 12.8 Å². The summed E-state index contributed by atoms with van der Waals surface area (Å²) < 4.78 is 5.75. The smallest absolute Gasteiger partial charge is 0.269 e. The van der Waals surface area contributed by atoms with Gasteiger partial charge in [0.05, 0.1) is 11.5 Å². The van der Waals surface area contributed by atoms with E-state index in [9.17, 15) is 19.7 Å². The number of ether oxygens (including phenoxy) is 1. The van der Waals surface area contributed by atoms with Crippen molar-refractivity contribution in [2.45, 2.75) is 71.1 Å².